The van der Waals surface area contributed by atoms with Crippen LogP contribution in [0, 0.1) is 0 Å². The number of nitrogens with one attached hydrogen (secondary N) is 1. The summed E-state index contributed by atoms with van der Waals surface area (Å²) in [7, 11) is -1.88. The van der Waals surface area contributed by atoms with Gasteiger partial charge in [-0.1, -0.05) is 29.8 Å². The zero-order chi connectivity index (χ0) is 25.3. The number of halogens is 1. The van der Waals surface area contributed by atoms with Crippen molar-refractivity contribution in [3.8, 4) is 0 Å². The van der Waals surface area contributed by atoms with E-state index < -0.39 is 10.0 Å². The summed E-state index contributed by atoms with van der Waals surface area (Å²) in [5.41, 5.74) is 3.72. The summed E-state index contributed by atoms with van der Waals surface area (Å²) in [5.74, 6) is 0.000240. The van der Waals surface area contributed by atoms with Gasteiger partial charge >= 0.3 is 0 Å². The molecule has 36 heavy (non-hydrogen) atoms. The highest BCUT2D eigenvalue weighted by atomic mass is 35.5. The van der Waals surface area contributed by atoms with Crippen molar-refractivity contribution in [2.45, 2.75) is 42.7 Å². The number of carbonyl (C=O) groups is 1. The molecule has 1 N–H and O–H groups in total. The molecule has 3 aromatic rings. The van der Waals surface area contributed by atoms with E-state index in [0.29, 0.717) is 18.4 Å². The molecule has 0 unspecified atom stereocenters. The normalized spacial score (nSPS) is 18.2. The zero-order valence-electron chi connectivity index (χ0n) is 20.1. The lowest BCUT2D eigenvalue weighted by Gasteiger charge is -2.37. The Morgan fingerprint density at radius 1 is 1.06 bits per heavy atom. The Balaban J connectivity index is 1.24. The van der Waals surface area contributed by atoms with Gasteiger partial charge in [-0.15, -0.1) is 0 Å². The van der Waals surface area contributed by atoms with Crippen molar-refractivity contribution in [3.63, 3.8) is 0 Å². The van der Waals surface area contributed by atoms with Crippen molar-refractivity contribution in [2.75, 3.05) is 25.0 Å². The number of pyridine rings is 1. The summed E-state index contributed by atoms with van der Waals surface area (Å²) in [6, 6.07) is 15.9. The van der Waals surface area contributed by atoms with Crippen LogP contribution in [0.25, 0.3) is 0 Å². The molecule has 1 aliphatic carbocycles. The number of hydrogen-bond donors (Lipinski definition) is 1. The fourth-order valence-electron chi connectivity index (χ4n) is 5.22. The monoisotopic (exact) mass is 524 g/mol. The Kier molecular flexibility index (Phi) is 7.01. The van der Waals surface area contributed by atoms with Gasteiger partial charge in [0, 0.05) is 55.9 Å². The topological polar surface area (TPSA) is 82.6 Å². The second-order valence-corrected chi connectivity index (χ2v) is 11.5. The quantitative estimate of drug-likeness (QED) is 0.515. The molecule has 5 rings (SSSR count). The Hall–Kier alpha value is -2.94. The van der Waals surface area contributed by atoms with Crippen LogP contribution in [0.1, 0.15) is 46.8 Å². The smallest absolute Gasteiger partial charge is 0.253 e. The maximum atomic E-state index is 13.3. The molecule has 1 saturated heterocycles. The molecule has 0 spiro atoms. The van der Waals surface area contributed by atoms with Gasteiger partial charge in [0.05, 0.1) is 5.02 Å². The molecule has 188 valence electrons. The minimum Gasteiger partial charge on any atom is -0.371 e. The molecule has 1 aromatic heterocycles. The van der Waals surface area contributed by atoms with Crippen LogP contribution in [0.3, 0.4) is 0 Å². The van der Waals surface area contributed by atoms with Crippen LogP contribution in [-0.4, -0.2) is 50.4 Å². The summed E-state index contributed by atoms with van der Waals surface area (Å²) >= 11 is 6.12. The Morgan fingerprint density at radius 3 is 2.50 bits per heavy atom. The first-order chi connectivity index (χ1) is 17.3. The van der Waals surface area contributed by atoms with Crippen LogP contribution in [-0.2, 0) is 16.4 Å². The van der Waals surface area contributed by atoms with Crippen LogP contribution in [0.15, 0.2) is 71.9 Å². The average molecular weight is 525 g/mol. The van der Waals surface area contributed by atoms with Gasteiger partial charge in [-0.25, -0.2) is 13.1 Å². The van der Waals surface area contributed by atoms with E-state index >= 15 is 0 Å². The van der Waals surface area contributed by atoms with Crippen molar-refractivity contribution >= 4 is 33.2 Å². The first kappa shape index (κ1) is 24.7. The first-order valence-electron chi connectivity index (χ1n) is 12.2. The summed E-state index contributed by atoms with van der Waals surface area (Å²) in [6.45, 7) is 1.79. The van der Waals surface area contributed by atoms with Gasteiger partial charge in [0.2, 0.25) is 10.0 Å². The number of aromatic nitrogens is 1. The number of hydrogen-bond acceptors (Lipinski definition) is 5. The number of benzene rings is 2. The third kappa shape index (κ3) is 4.98. The molecule has 0 saturated carbocycles. The van der Waals surface area contributed by atoms with Crippen molar-refractivity contribution in [1.29, 1.82) is 0 Å². The highest BCUT2D eigenvalue weighted by Gasteiger charge is 2.31. The van der Waals surface area contributed by atoms with Crippen molar-refractivity contribution in [3.05, 3.63) is 88.7 Å². The molecule has 2 heterocycles. The number of nitrogens with zero attached hydrogens (tertiary/aromatic N) is 3. The molecule has 0 radical (unpaired) electrons. The van der Waals surface area contributed by atoms with Crippen LogP contribution >= 0.6 is 11.6 Å². The third-order valence-corrected chi connectivity index (χ3v) is 9.22. The van der Waals surface area contributed by atoms with E-state index in [1.54, 1.807) is 30.6 Å². The van der Waals surface area contributed by atoms with Gasteiger partial charge in [-0.3, -0.25) is 9.78 Å². The number of rotatable bonds is 6. The summed E-state index contributed by atoms with van der Waals surface area (Å²) in [4.78, 5) is 21.7. The highest BCUT2D eigenvalue weighted by molar-refractivity contribution is 7.89. The van der Waals surface area contributed by atoms with E-state index in [2.05, 4.69) is 14.6 Å². The fourth-order valence-corrected chi connectivity index (χ4v) is 6.99. The number of anilines is 1. The Morgan fingerprint density at radius 2 is 1.78 bits per heavy atom. The predicted molar refractivity (Wildman–Crippen MR) is 141 cm³/mol. The minimum absolute atomic E-state index is 0.000240. The summed E-state index contributed by atoms with van der Waals surface area (Å²) in [5, 5.41) is 0.193. The van der Waals surface area contributed by atoms with Crippen LogP contribution in [0.4, 0.5) is 5.69 Å². The molecule has 1 atom stereocenters. The van der Waals surface area contributed by atoms with Gasteiger partial charge in [0.1, 0.15) is 4.90 Å². The van der Waals surface area contributed by atoms with E-state index in [1.165, 1.54) is 6.07 Å². The standard InChI is InChI=1S/C27H29ClN4O3S/c1-31(21-12-16-32(17-13-21)22-10-14-29-15-11-22)27(33)20-6-8-23-19(18-20)7-9-25(23)30-36(34,35)26-5-3-2-4-24(26)28/h2-6,8,10-11,14-15,18,21,25,30H,7,9,12-13,16-17H2,1H3/t25-/m1/s1. The largest absolute Gasteiger partial charge is 0.371 e. The molecule has 0 bridgehead atoms. The van der Waals surface area contributed by atoms with Crippen LogP contribution in [0.5, 0.6) is 0 Å². The molecule has 1 aliphatic heterocycles. The molecule has 1 amide bonds. The van der Waals surface area contributed by atoms with Gasteiger partial charge in [0.15, 0.2) is 0 Å². The van der Waals surface area contributed by atoms with Crippen molar-refractivity contribution in [1.82, 2.24) is 14.6 Å². The molecule has 1 fully saturated rings. The van der Waals surface area contributed by atoms with Crippen molar-refractivity contribution in [2.24, 2.45) is 0 Å². The lowest BCUT2D eigenvalue weighted by Crippen LogP contribution is -2.45. The van der Waals surface area contributed by atoms with Gasteiger partial charge in [0.25, 0.3) is 5.91 Å². The molecular weight excluding hydrogens is 496 g/mol. The second kappa shape index (κ2) is 10.2. The molecule has 9 heteroatoms. The van der Waals surface area contributed by atoms with Gasteiger partial charge in [-0.05, 0) is 73.2 Å². The number of aryl methyl sites for hydroxylation is 1. The van der Waals surface area contributed by atoms with E-state index in [4.69, 9.17) is 11.6 Å². The molecule has 2 aliphatic rings. The van der Waals surface area contributed by atoms with Crippen molar-refractivity contribution < 1.29 is 13.2 Å². The van der Waals surface area contributed by atoms with E-state index in [1.807, 2.05) is 42.3 Å². The lowest BCUT2D eigenvalue weighted by atomic mass is 10.0. The van der Waals surface area contributed by atoms with E-state index in [9.17, 15) is 13.2 Å². The molecular formula is C27H29ClN4O3S. The average Bonchev–Trinajstić information content (AvgIpc) is 3.29. The third-order valence-electron chi connectivity index (χ3n) is 7.25. The number of amides is 1. The highest BCUT2D eigenvalue weighted by Crippen LogP contribution is 2.34. The Labute approximate surface area is 217 Å². The Bertz CT molecular complexity index is 1360. The van der Waals surface area contributed by atoms with Gasteiger partial charge in [-0.2, -0.15) is 0 Å². The van der Waals surface area contributed by atoms with E-state index in [0.717, 1.165) is 42.7 Å². The number of fused-ring (bicyclic) bond motifs is 1. The first-order valence-corrected chi connectivity index (χ1v) is 14.0. The maximum Gasteiger partial charge on any atom is 0.253 e. The summed E-state index contributed by atoms with van der Waals surface area (Å²) < 4.78 is 28.6. The lowest BCUT2D eigenvalue weighted by molar-refractivity contribution is 0.0709. The number of sulfonamides is 1. The van der Waals surface area contributed by atoms with Gasteiger partial charge < -0.3 is 9.80 Å². The molecule has 7 nitrogen and oxygen atoms in total. The van der Waals surface area contributed by atoms with E-state index in [-0.39, 0.29) is 27.9 Å². The second-order valence-electron chi connectivity index (χ2n) is 9.40. The van der Waals surface area contributed by atoms with Crippen LogP contribution in [0.2, 0.25) is 5.02 Å². The zero-order valence-corrected chi connectivity index (χ0v) is 21.7. The maximum absolute atomic E-state index is 13.3. The fraction of sp³-hybridized carbons (Fsp3) is 0.333. The minimum atomic E-state index is -3.76. The molecule has 2 aromatic carbocycles. The van der Waals surface area contributed by atoms with Crippen LogP contribution < -0.4 is 9.62 Å². The SMILES string of the molecule is CN(C(=O)c1ccc2c(c1)CC[C@H]2NS(=O)(=O)c1ccccc1Cl)C1CCN(c2ccncc2)CC1. The number of piperidine rings is 1. The number of carbonyl (C=O) groups excluding carboxylic acids is 1. The summed E-state index contributed by atoms with van der Waals surface area (Å²) in [6.07, 6.45) is 6.76. The predicted octanol–water partition coefficient (Wildman–Crippen LogP) is 4.44.